The number of nitrogens with one attached hydrogen (secondary N) is 2. The smallest absolute Gasteiger partial charge is 0.196 e. The van der Waals surface area contributed by atoms with Crippen LogP contribution in [-0.2, 0) is 16.0 Å². The molecule has 32 heavy (non-hydrogen) atoms. The number of methoxy groups -OCH3 is 2. The second-order valence-electron chi connectivity index (χ2n) is 7.18. The fourth-order valence-corrected chi connectivity index (χ4v) is 2.79. The number of halogens is 1. The van der Waals surface area contributed by atoms with Crippen molar-refractivity contribution in [1.29, 1.82) is 0 Å². The molecule has 0 amide bonds. The van der Waals surface area contributed by atoms with Gasteiger partial charge in [0.25, 0.3) is 0 Å². The topological polar surface area (TPSA) is 73.3 Å². The van der Waals surface area contributed by atoms with E-state index in [9.17, 15) is 0 Å². The Kier molecular flexibility index (Phi) is 14.5. The molecule has 0 aliphatic carbocycles. The zero-order valence-corrected chi connectivity index (χ0v) is 21.8. The van der Waals surface area contributed by atoms with Gasteiger partial charge < -0.3 is 29.6 Å². The Morgan fingerprint density at radius 3 is 2.41 bits per heavy atom. The van der Waals surface area contributed by atoms with Crippen molar-refractivity contribution in [3.63, 3.8) is 0 Å². The number of ether oxygens (including phenoxy) is 4. The first-order chi connectivity index (χ1) is 15.1. The van der Waals surface area contributed by atoms with Gasteiger partial charge in [-0.3, -0.25) is 0 Å². The third-order valence-corrected chi connectivity index (χ3v) is 4.28. The number of benzene rings is 2. The van der Waals surface area contributed by atoms with Crippen molar-refractivity contribution in [2.24, 2.45) is 4.99 Å². The predicted octanol–water partition coefficient (Wildman–Crippen LogP) is 4.71. The molecule has 0 heterocycles. The van der Waals surface area contributed by atoms with Crippen molar-refractivity contribution in [2.45, 2.75) is 32.9 Å². The van der Waals surface area contributed by atoms with Crippen LogP contribution in [0.3, 0.4) is 0 Å². The number of hydrogen-bond acceptors (Lipinski definition) is 5. The van der Waals surface area contributed by atoms with Crippen molar-refractivity contribution in [3.05, 3.63) is 54.1 Å². The predicted molar refractivity (Wildman–Crippen MR) is 141 cm³/mol. The summed E-state index contributed by atoms with van der Waals surface area (Å²) >= 11 is 0. The molecule has 7 nitrogen and oxygen atoms in total. The van der Waals surface area contributed by atoms with Crippen LogP contribution in [-0.4, -0.2) is 52.6 Å². The van der Waals surface area contributed by atoms with E-state index in [1.807, 2.05) is 62.4 Å². The summed E-state index contributed by atoms with van der Waals surface area (Å²) in [5.74, 6) is 2.36. The molecule has 2 N–H and O–H groups in total. The number of aliphatic imine (C=N–C) groups is 1. The summed E-state index contributed by atoms with van der Waals surface area (Å²) in [4.78, 5) is 4.74. The van der Waals surface area contributed by atoms with Gasteiger partial charge in [-0.1, -0.05) is 18.2 Å². The highest BCUT2D eigenvalue weighted by Crippen LogP contribution is 2.19. The molecule has 0 unspecified atom stereocenters. The SMILES string of the molecule is COCCOCCCNC(=NCc1ccccc1OC)Nc1ccc(OC(C)C)cc1.I. The van der Waals surface area contributed by atoms with Gasteiger partial charge in [0.1, 0.15) is 11.5 Å². The lowest BCUT2D eigenvalue weighted by Crippen LogP contribution is -2.32. The van der Waals surface area contributed by atoms with Gasteiger partial charge in [0.15, 0.2) is 5.96 Å². The van der Waals surface area contributed by atoms with Gasteiger partial charge in [0.2, 0.25) is 0 Å². The molecule has 0 bridgehead atoms. The number of hydrogen-bond donors (Lipinski definition) is 2. The average molecular weight is 557 g/mol. The van der Waals surface area contributed by atoms with E-state index in [4.69, 9.17) is 23.9 Å². The first-order valence-corrected chi connectivity index (χ1v) is 10.6. The van der Waals surface area contributed by atoms with Gasteiger partial charge >= 0.3 is 0 Å². The highest BCUT2D eigenvalue weighted by atomic mass is 127. The molecule has 0 radical (unpaired) electrons. The summed E-state index contributed by atoms with van der Waals surface area (Å²) in [6, 6.07) is 15.7. The van der Waals surface area contributed by atoms with E-state index in [0.717, 1.165) is 35.7 Å². The summed E-state index contributed by atoms with van der Waals surface area (Å²) in [5, 5.41) is 6.73. The van der Waals surface area contributed by atoms with E-state index in [1.54, 1.807) is 14.2 Å². The molecule has 0 aromatic heterocycles. The van der Waals surface area contributed by atoms with Crippen molar-refractivity contribution >= 4 is 35.6 Å². The van der Waals surface area contributed by atoms with Gasteiger partial charge in [-0.2, -0.15) is 0 Å². The molecule has 0 atom stereocenters. The fraction of sp³-hybridized carbons (Fsp3) is 0.458. The first kappa shape index (κ1) is 28.0. The maximum absolute atomic E-state index is 5.71. The maximum Gasteiger partial charge on any atom is 0.196 e. The van der Waals surface area contributed by atoms with Crippen LogP contribution in [0.2, 0.25) is 0 Å². The van der Waals surface area contributed by atoms with Crippen LogP contribution < -0.4 is 20.1 Å². The Hall–Kier alpha value is -2.04. The van der Waals surface area contributed by atoms with E-state index in [2.05, 4.69) is 10.6 Å². The first-order valence-electron chi connectivity index (χ1n) is 10.6. The minimum Gasteiger partial charge on any atom is -0.496 e. The zero-order valence-electron chi connectivity index (χ0n) is 19.4. The van der Waals surface area contributed by atoms with E-state index in [-0.39, 0.29) is 30.1 Å². The van der Waals surface area contributed by atoms with E-state index in [1.165, 1.54) is 0 Å². The molecule has 0 aliphatic rings. The minimum atomic E-state index is 0. The second kappa shape index (κ2) is 16.6. The lowest BCUT2D eigenvalue weighted by Gasteiger charge is -2.15. The minimum absolute atomic E-state index is 0. The molecule has 0 aliphatic heterocycles. The monoisotopic (exact) mass is 557 g/mol. The Balaban J connectivity index is 0.00000512. The molecule has 2 aromatic carbocycles. The Labute approximate surface area is 208 Å². The second-order valence-corrected chi connectivity index (χ2v) is 7.18. The third kappa shape index (κ3) is 11.0. The molecule has 0 saturated heterocycles. The van der Waals surface area contributed by atoms with Crippen LogP contribution in [0.1, 0.15) is 25.8 Å². The summed E-state index contributed by atoms with van der Waals surface area (Å²) in [5.41, 5.74) is 1.95. The highest BCUT2D eigenvalue weighted by Gasteiger charge is 2.05. The quantitative estimate of drug-likeness (QED) is 0.161. The lowest BCUT2D eigenvalue weighted by atomic mass is 10.2. The van der Waals surface area contributed by atoms with Gasteiger partial charge in [-0.05, 0) is 50.6 Å². The Bertz CT molecular complexity index is 785. The molecule has 0 saturated carbocycles. The summed E-state index contributed by atoms with van der Waals surface area (Å²) in [7, 11) is 3.34. The van der Waals surface area contributed by atoms with Crippen LogP contribution in [0, 0.1) is 0 Å². The van der Waals surface area contributed by atoms with Crippen LogP contribution >= 0.6 is 24.0 Å². The van der Waals surface area contributed by atoms with Crippen LogP contribution in [0.25, 0.3) is 0 Å². The van der Waals surface area contributed by atoms with E-state index < -0.39 is 0 Å². The van der Waals surface area contributed by atoms with Crippen molar-refractivity contribution < 1.29 is 18.9 Å². The average Bonchev–Trinajstić information content (AvgIpc) is 2.77. The van der Waals surface area contributed by atoms with Crippen molar-refractivity contribution in [1.82, 2.24) is 5.32 Å². The van der Waals surface area contributed by atoms with Crippen molar-refractivity contribution in [3.8, 4) is 11.5 Å². The summed E-state index contributed by atoms with van der Waals surface area (Å²) in [6.07, 6.45) is 1.00. The third-order valence-electron chi connectivity index (χ3n) is 4.28. The number of guanidine groups is 1. The molecule has 0 fully saturated rings. The van der Waals surface area contributed by atoms with Gasteiger partial charge in [0, 0.05) is 31.5 Å². The largest absolute Gasteiger partial charge is 0.496 e. The van der Waals surface area contributed by atoms with Crippen LogP contribution in [0.15, 0.2) is 53.5 Å². The van der Waals surface area contributed by atoms with Gasteiger partial charge in [-0.15, -0.1) is 24.0 Å². The van der Waals surface area contributed by atoms with Gasteiger partial charge in [0.05, 0.1) is 33.0 Å². The van der Waals surface area contributed by atoms with Crippen molar-refractivity contribution in [2.75, 3.05) is 45.9 Å². The number of rotatable bonds is 13. The molecule has 178 valence electrons. The molecular formula is C24H36IN3O4. The van der Waals surface area contributed by atoms with E-state index >= 15 is 0 Å². The number of anilines is 1. The number of para-hydroxylation sites is 1. The standard InChI is InChI=1S/C24H35N3O4.HI/c1-19(2)31-22-12-10-21(11-13-22)27-24(25-14-7-15-30-17-16-28-3)26-18-20-8-5-6-9-23(20)29-4;/h5-6,8-13,19H,7,14-18H2,1-4H3,(H2,25,26,27);1H. The van der Waals surface area contributed by atoms with E-state index in [0.29, 0.717) is 32.3 Å². The Morgan fingerprint density at radius 1 is 0.969 bits per heavy atom. The normalized spacial score (nSPS) is 11.1. The van der Waals surface area contributed by atoms with Crippen LogP contribution in [0.5, 0.6) is 11.5 Å². The summed E-state index contributed by atoms with van der Waals surface area (Å²) in [6.45, 7) is 7.13. The lowest BCUT2D eigenvalue weighted by molar-refractivity contribution is 0.0699. The number of nitrogens with zero attached hydrogens (tertiary/aromatic N) is 1. The molecular weight excluding hydrogens is 521 g/mol. The Morgan fingerprint density at radius 2 is 1.72 bits per heavy atom. The molecule has 2 aromatic rings. The van der Waals surface area contributed by atoms with Gasteiger partial charge in [-0.25, -0.2) is 4.99 Å². The molecule has 2 rings (SSSR count). The molecule has 0 spiro atoms. The maximum atomic E-state index is 5.71. The summed E-state index contributed by atoms with van der Waals surface area (Å²) < 4.78 is 21.7. The highest BCUT2D eigenvalue weighted by molar-refractivity contribution is 14.0. The van der Waals surface area contributed by atoms with Crippen LogP contribution in [0.4, 0.5) is 5.69 Å². The molecule has 8 heteroatoms. The zero-order chi connectivity index (χ0) is 22.3. The fourth-order valence-electron chi connectivity index (χ4n) is 2.79.